The lowest BCUT2D eigenvalue weighted by atomic mass is 9.95. The van der Waals surface area contributed by atoms with Crippen molar-refractivity contribution in [3.63, 3.8) is 0 Å². The van der Waals surface area contributed by atoms with Crippen molar-refractivity contribution >= 4 is 34.8 Å². The standard InChI is InChI=1S/C24H23N5O6/c1-33-15-3-2-14-12-29(21(30)16(14)10-15)13-24(22(31)26-23(32)27-24)19-11-17-18(35-19)4-5-20(25-17)28-6-8-34-9-7-28/h2-5,10-11H,6-9,12-13H2,1H3,(H2,26,27,31,32)/t24-/m0/s1. The van der Waals surface area contributed by atoms with Crippen molar-refractivity contribution in [3.05, 3.63) is 53.3 Å². The number of fused-ring (bicyclic) bond motifs is 2. The first-order chi connectivity index (χ1) is 17.0. The first-order valence-electron chi connectivity index (χ1n) is 11.3. The fourth-order valence-corrected chi connectivity index (χ4v) is 4.83. The molecular weight excluding hydrogens is 454 g/mol. The number of benzene rings is 1. The molecule has 6 rings (SSSR count). The third kappa shape index (κ3) is 3.46. The number of furan rings is 1. The van der Waals surface area contributed by atoms with Gasteiger partial charge in [-0.05, 0) is 29.8 Å². The van der Waals surface area contributed by atoms with Crippen molar-refractivity contribution < 1.29 is 28.3 Å². The number of ether oxygens (including phenoxy) is 2. The quantitative estimate of drug-likeness (QED) is 0.528. The number of rotatable bonds is 5. The van der Waals surface area contributed by atoms with Gasteiger partial charge in [-0.25, -0.2) is 9.78 Å². The van der Waals surface area contributed by atoms with Crippen LogP contribution < -0.4 is 20.3 Å². The third-order valence-electron chi connectivity index (χ3n) is 6.68. The summed E-state index contributed by atoms with van der Waals surface area (Å²) in [6.45, 7) is 2.91. The van der Waals surface area contributed by atoms with Crippen LogP contribution in [0.15, 0.2) is 40.8 Å². The topological polar surface area (TPSA) is 126 Å². The van der Waals surface area contributed by atoms with Gasteiger partial charge in [-0.3, -0.25) is 14.9 Å². The van der Waals surface area contributed by atoms with Crippen LogP contribution in [0.5, 0.6) is 5.75 Å². The van der Waals surface area contributed by atoms with Crippen LogP contribution in [0.2, 0.25) is 0 Å². The van der Waals surface area contributed by atoms with E-state index in [1.807, 2.05) is 12.1 Å². The SMILES string of the molecule is COc1ccc2c(c1)C(=O)N(C[C@@]1(c3cc4nc(N5CCOCC5)ccc4o3)NC(=O)NC1=O)C2. The second-order valence-electron chi connectivity index (χ2n) is 8.76. The van der Waals surface area contributed by atoms with E-state index < -0.39 is 17.5 Å². The molecule has 2 aromatic heterocycles. The summed E-state index contributed by atoms with van der Waals surface area (Å²) in [6, 6.07) is 9.94. The number of carbonyl (C=O) groups is 3. The largest absolute Gasteiger partial charge is 0.497 e. The number of imide groups is 1. The van der Waals surface area contributed by atoms with Crippen LogP contribution in [-0.2, 0) is 21.6 Å². The lowest BCUT2D eigenvalue weighted by Gasteiger charge is -2.28. The van der Waals surface area contributed by atoms with Crippen LogP contribution in [0.1, 0.15) is 21.7 Å². The summed E-state index contributed by atoms with van der Waals surface area (Å²) in [5.74, 6) is 0.720. The number of morpholine rings is 1. The zero-order valence-corrected chi connectivity index (χ0v) is 19.0. The normalized spacial score (nSPS) is 21.9. The lowest BCUT2D eigenvalue weighted by molar-refractivity contribution is -0.125. The van der Waals surface area contributed by atoms with Crippen LogP contribution in [0.4, 0.5) is 10.6 Å². The van der Waals surface area contributed by atoms with Gasteiger partial charge in [-0.1, -0.05) is 6.07 Å². The molecule has 2 N–H and O–H groups in total. The second-order valence-corrected chi connectivity index (χ2v) is 8.76. The number of carbonyl (C=O) groups excluding carboxylic acids is 3. The summed E-state index contributed by atoms with van der Waals surface area (Å²) in [5, 5.41) is 4.99. The fraction of sp³-hybridized carbons (Fsp3) is 0.333. The monoisotopic (exact) mass is 477 g/mol. The number of hydrogen-bond donors (Lipinski definition) is 2. The van der Waals surface area contributed by atoms with E-state index >= 15 is 0 Å². The molecule has 35 heavy (non-hydrogen) atoms. The summed E-state index contributed by atoms with van der Waals surface area (Å²) in [4.78, 5) is 46.9. The van der Waals surface area contributed by atoms with E-state index in [2.05, 4.69) is 15.5 Å². The third-order valence-corrected chi connectivity index (χ3v) is 6.68. The minimum atomic E-state index is -1.58. The maximum Gasteiger partial charge on any atom is 0.322 e. The summed E-state index contributed by atoms with van der Waals surface area (Å²) >= 11 is 0. The number of nitrogens with zero attached hydrogens (tertiary/aromatic N) is 3. The summed E-state index contributed by atoms with van der Waals surface area (Å²) in [6.07, 6.45) is 0. The van der Waals surface area contributed by atoms with Gasteiger partial charge in [0.1, 0.15) is 22.8 Å². The van der Waals surface area contributed by atoms with Gasteiger partial charge < -0.3 is 29.0 Å². The predicted octanol–water partition coefficient (Wildman–Crippen LogP) is 1.36. The molecule has 0 unspecified atom stereocenters. The van der Waals surface area contributed by atoms with E-state index in [0.717, 1.165) is 24.5 Å². The Bertz CT molecular complexity index is 1360. The van der Waals surface area contributed by atoms with E-state index in [0.29, 0.717) is 42.2 Å². The molecule has 0 bridgehead atoms. The Labute approximate surface area is 200 Å². The number of methoxy groups -OCH3 is 1. The molecule has 4 amide bonds. The van der Waals surface area contributed by atoms with Crippen LogP contribution in [-0.4, -0.2) is 67.7 Å². The molecule has 0 spiro atoms. The molecule has 1 aromatic carbocycles. The fourth-order valence-electron chi connectivity index (χ4n) is 4.83. The molecule has 3 aromatic rings. The summed E-state index contributed by atoms with van der Waals surface area (Å²) in [7, 11) is 1.53. The number of nitrogens with one attached hydrogen (secondary N) is 2. The predicted molar refractivity (Wildman–Crippen MR) is 123 cm³/mol. The molecule has 0 radical (unpaired) electrons. The molecule has 0 aliphatic carbocycles. The number of amides is 4. The van der Waals surface area contributed by atoms with Gasteiger partial charge in [0.25, 0.3) is 11.8 Å². The molecule has 11 nitrogen and oxygen atoms in total. The zero-order chi connectivity index (χ0) is 24.2. The Morgan fingerprint density at radius 2 is 1.94 bits per heavy atom. The van der Waals surface area contributed by atoms with Gasteiger partial charge in [0.15, 0.2) is 11.1 Å². The second kappa shape index (κ2) is 7.98. The maximum atomic E-state index is 13.2. The van der Waals surface area contributed by atoms with Crippen molar-refractivity contribution in [3.8, 4) is 5.75 Å². The average Bonchev–Trinajstić information content (AvgIpc) is 3.53. The molecule has 3 aliphatic heterocycles. The minimum absolute atomic E-state index is 0.101. The molecule has 180 valence electrons. The van der Waals surface area contributed by atoms with Crippen LogP contribution >= 0.6 is 0 Å². The van der Waals surface area contributed by atoms with Gasteiger partial charge in [0.2, 0.25) is 0 Å². The minimum Gasteiger partial charge on any atom is -0.497 e. The molecule has 11 heteroatoms. The van der Waals surface area contributed by atoms with Gasteiger partial charge in [-0.2, -0.15) is 0 Å². The molecule has 2 saturated heterocycles. The van der Waals surface area contributed by atoms with Gasteiger partial charge in [-0.15, -0.1) is 0 Å². The van der Waals surface area contributed by atoms with Crippen LogP contribution in [0, 0.1) is 0 Å². The maximum absolute atomic E-state index is 13.2. The van der Waals surface area contributed by atoms with Crippen molar-refractivity contribution in [1.82, 2.24) is 20.5 Å². The first-order valence-corrected chi connectivity index (χ1v) is 11.3. The number of hydrogen-bond acceptors (Lipinski definition) is 8. The first kappa shape index (κ1) is 21.4. The number of anilines is 1. The Hall–Kier alpha value is -4.12. The number of aromatic nitrogens is 1. The molecule has 2 fully saturated rings. The highest BCUT2D eigenvalue weighted by molar-refractivity contribution is 6.08. The van der Waals surface area contributed by atoms with E-state index in [1.54, 1.807) is 24.3 Å². The highest BCUT2D eigenvalue weighted by atomic mass is 16.5. The Morgan fingerprint density at radius 1 is 1.11 bits per heavy atom. The van der Waals surface area contributed by atoms with E-state index in [1.165, 1.54) is 12.0 Å². The Kier molecular flexibility index (Phi) is 4.88. The highest BCUT2D eigenvalue weighted by Gasteiger charge is 2.53. The van der Waals surface area contributed by atoms with Crippen molar-refractivity contribution in [2.45, 2.75) is 12.1 Å². The Balaban J connectivity index is 1.35. The summed E-state index contributed by atoms with van der Waals surface area (Å²) in [5.41, 5.74) is 0.769. The molecular formula is C24H23N5O6. The van der Waals surface area contributed by atoms with E-state index in [4.69, 9.17) is 18.9 Å². The van der Waals surface area contributed by atoms with Crippen LogP contribution in [0.25, 0.3) is 11.1 Å². The average molecular weight is 477 g/mol. The number of urea groups is 1. The van der Waals surface area contributed by atoms with Gasteiger partial charge in [0, 0.05) is 31.3 Å². The number of pyridine rings is 1. The van der Waals surface area contributed by atoms with E-state index in [-0.39, 0.29) is 18.2 Å². The molecule has 3 aliphatic rings. The molecule has 0 saturated carbocycles. The van der Waals surface area contributed by atoms with Crippen molar-refractivity contribution in [1.29, 1.82) is 0 Å². The van der Waals surface area contributed by atoms with Crippen molar-refractivity contribution in [2.24, 2.45) is 0 Å². The van der Waals surface area contributed by atoms with Gasteiger partial charge in [0.05, 0.1) is 26.9 Å². The van der Waals surface area contributed by atoms with Gasteiger partial charge >= 0.3 is 6.03 Å². The molecule has 1 atom stereocenters. The smallest absolute Gasteiger partial charge is 0.322 e. The summed E-state index contributed by atoms with van der Waals surface area (Å²) < 4.78 is 16.7. The van der Waals surface area contributed by atoms with E-state index in [9.17, 15) is 14.4 Å². The lowest BCUT2D eigenvalue weighted by Crippen LogP contribution is -2.52. The zero-order valence-electron chi connectivity index (χ0n) is 19.0. The van der Waals surface area contributed by atoms with Crippen LogP contribution in [0.3, 0.4) is 0 Å². The highest BCUT2D eigenvalue weighted by Crippen LogP contribution is 2.35. The Morgan fingerprint density at radius 3 is 2.69 bits per heavy atom. The van der Waals surface area contributed by atoms with Crippen molar-refractivity contribution in [2.75, 3.05) is 44.9 Å². The molecule has 5 heterocycles.